The number of nitrogens with two attached hydrogens (primary N) is 1. The molecule has 0 radical (unpaired) electrons. The van der Waals surface area contributed by atoms with Gasteiger partial charge in [-0.05, 0) is 41.5 Å². The molecule has 2 N–H and O–H groups in total. The van der Waals surface area contributed by atoms with E-state index in [0.29, 0.717) is 10.8 Å². The molecule has 0 fully saturated rings. The van der Waals surface area contributed by atoms with Gasteiger partial charge < -0.3 is 5.84 Å². The Bertz CT molecular complexity index is 542. The maximum absolute atomic E-state index is 6.04. The van der Waals surface area contributed by atoms with Gasteiger partial charge in [-0.15, -0.1) is 10.2 Å². The number of unbranched alkanes of at least 4 members (excludes halogenated alkanes) is 2. The lowest BCUT2D eigenvalue weighted by molar-refractivity contribution is 0.779. The fourth-order valence-electron chi connectivity index (χ4n) is 1.64. The first-order valence-corrected chi connectivity index (χ1v) is 9.18. The van der Waals surface area contributed by atoms with Crippen molar-refractivity contribution >= 4 is 33.2 Å². The van der Waals surface area contributed by atoms with Crippen molar-refractivity contribution in [2.24, 2.45) is 0 Å². The Kier molecular flexibility index (Phi) is 6.06. The average molecular weight is 329 g/mol. The third-order valence-electron chi connectivity index (χ3n) is 2.73. The molecule has 0 aliphatic heterocycles. The lowest BCUT2D eigenvalue weighted by Gasteiger charge is -2.03. The Morgan fingerprint density at radius 1 is 1.20 bits per heavy atom. The molecule has 0 spiro atoms. The summed E-state index contributed by atoms with van der Waals surface area (Å²) in [5.74, 6) is 7.79. The van der Waals surface area contributed by atoms with Crippen LogP contribution in [-0.4, -0.2) is 20.6 Å². The fraction of sp³-hybridized carbons (Fsp3) is 0.385. The highest BCUT2D eigenvalue weighted by atomic mass is 35.5. The van der Waals surface area contributed by atoms with Gasteiger partial charge in [0.05, 0.1) is 0 Å². The number of halogens is 1. The van der Waals surface area contributed by atoms with Crippen molar-refractivity contribution in [2.45, 2.75) is 31.3 Å². The zero-order valence-electron chi connectivity index (χ0n) is 11.3. The van der Waals surface area contributed by atoms with E-state index in [1.54, 1.807) is 21.6 Å². The molecule has 4 nitrogen and oxygen atoms in total. The van der Waals surface area contributed by atoms with Crippen molar-refractivity contribution in [3.8, 4) is 11.4 Å². The van der Waals surface area contributed by atoms with Crippen LogP contribution in [0.4, 0.5) is 0 Å². The second-order valence-corrected chi connectivity index (χ2v) is 7.11. The van der Waals surface area contributed by atoms with Gasteiger partial charge in [-0.25, -0.2) is 4.68 Å². The van der Waals surface area contributed by atoms with Crippen molar-refractivity contribution in [3.05, 3.63) is 29.3 Å². The Morgan fingerprint density at radius 3 is 2.65 bits per heavy atom. The second kappa shape index (κ2) is 7.81. The molecule has 0 atom stereocenters. The fourth-order valence-corrected chi connectivity index (χ4v) is 3.77. The molecule has 20 heavy (non-hydrogen) atoms. The molecule has 1 aromatic heterocycles. The Balaban J connectivity index is 1.98. The van der Waals surface area contributed by atoms with Crippen LogP contribution in [-0.2, 0) is 0 Å². The highest BCUT2D eigenvalue weighted by Gasteiger charge is 2.12. The number of nitrogens with zero attached hydrogens (tertiary/aromatic N) is 3. The molecule has 2 aromatic rings. The molecule has 108 valence electrons. The van der Waals surface area contributed by atoms with Gasteiger partial charge in [0, 0.05) is 16.3 Å². The van der Waals surface area contributed by atoms with Gasteiger partial charge in [0.25, 0.3) is 0 Å². The van der Waals surface area contributed by atoms with Crippen LogP contribution >= 0.6 is 33.2 Å². The quantitative estimate of drug-likeness (QED) is 0.468. The van der Waals surface area contributed by atoms with E-state index >= 15 is 0 Å². The monoisotopic (exact) mass is 328 g/mol. The van der Waals surface area contributed by atoms with Crippen LogP contribution in [0.25, 0.3) is 11.4 Å². The van der Waals surface area contributed by atoms with Crippen LogP contribution in [0.5, 0.6) is 0 Å². The zero-order chi connectivity index (χ0) is 14.4. The number of aromatic nitrogens is 3. The average Bonchev–Trinajstić information content (AvgIpc) is 2.81. The molecule has 0 unspecified atom stereocenters. The lowest BCUT2D eigenvalue weighted by atomic mass is 10.2. The second-order valence-electron chi connectivity index (χ2n) is 4.30. The third kappa shape index (κ3) is 4.07. The molecule has 0 aliphatic rings. The maximum Gasteiger partial charge on any atom is 0.220 e. The summed E-state index contributed by atoms with van der Waals surface area (Å²) in [5.41, 5.74) is 0.909. The molecule has 0 bridgehead atoms. The first-order valence-electron chi connectivity index (χ1n) is 6.48. The summed E-state index contributed by atoms with van der Waals surface area (Å²) in [7, 11) is 3.33. The van der Waals surface area contributed by atoms with Gasteiger partial charge in [0.2, 0.25) is 5.16 Å². The largest absolute Gasteiger partial charge is 0.335 e. The number of rotatable bonds is 7. The van der Waals surface area contributed by atoms with E-state index in [4.69, 9.17) is 17.4 Å². The molecule has 2 rings (SSSR count). The Hall–Kier alpha value is -0.850. The van der Waals surface area contributed by atoms with E-state index in [9.17, 15) is 0 Å². The summed E-state index contributed by atoms with van der Waals surface area (Å²) in [6, 6.07) is 7.41. The van der Waals surface area contributed by atoms with Gasteiger partial charge in [0.15, 0.2) is 5.82 Å². The number of hydrogen-bond acceptors (Lipinski definition) is 5. The molecule has 1 aromatic carbocycles. The van der Waals surface area contributed by atoms with Crippen molar-refractivity contribution in [1.29, 1.82) is 0 Å². The molecular weight excluding hydrogens is 312 g/mol. The smallest absolute Gasteiger partial charge is 0.220 e. The van der Waals surface area contributed by atoms with Crippen LogP contribution in [0.1, 0.15) is 26.2 Å². The number of nitrogen functional groups attached to an aromatic ring is 1. The van der Waals surface area contributed by atoms with E-state index in [1.807, 2.05) is 24.3 Å². The van der Waals surface area contributed by atoms with Crippen LogP contribution in [0.2, 0.25) is 5.02 Å². The predicted molar refractivity (Wildman–Crippen MR) is 88.5 cm³/mol. The van der Waals surface area contributed by atoms with E-state index in [1.165, 1.54) is 23.9 Å². The molecule has 1 heterocycles. The number of benzene rings is 1. The minimum absolute atomic E-state index is 0.651. The predicted octanol–water partition coefficient (Wildman–Crippen LogP) is 4.24. The maximum atomic E-state index is 6.04. The summed E-state index contributed by atoms with van der Waals surface area (Å²) in [4.78, 5) is 0. The molecular formula is C13H17ClN4S2. The topological polar surface area (TPSA) is 56.7 Å². The lowest BCUT2D eigenvalue weighted by Crippen LogP contribution is -2.11. The number of hydrogen-bond donors (Lipinski definition) is 1. The highest BCUT2D eigenvalue weighted by molar-refractivity contribution is 8.76. The molecule has 0 saturated carbocycles. The molecule has 0 aliphatic carbocycles. The minimum atomic E-state index is 0.651. The highest BCUT2D eigenvalue weighted by Crippen LogP contribution is 2.31. The normalized spacial score (nSPS) is 10.9. The van der Waals surface area contributed by atoms with Gasteiger partial charge >= 0.3 is 0 Å². The summed E-state index contributed by atoms with van der Waals surface area (Å²) in [5, 5.41) is 9.68. The van der Waals surface area contributed by atoms with E-state index in [2.05, 4.69) is 17.1 Å². The zero-order valence-corrected chi connectivity index (χ0v) is 13.6. The summed E-state index contributed by atoms with van der Waals surface area (Å²) in [6.45, 7) is 2.20. The Morgan fingerprint density at radius 2 is 1.95 bits per heavy atom. The summed E-state index contributed by atoms with van der Waals surface area (Å²) < 4.78 is 1.53. The summed E-state index contributed by atoms with van der Waals surface area (Å²) in [6.07, 6.45) is 3.72. The van der Waals surface area contributed by atoms with Crippen LogP contribution < -0.4 is 5.84 Å². The van der Waals surface area contributed by atoms with Crippen molar-refractivity contribution < 1.29 is 0 Å². The van der Waals surface area contributed by atoms with Crippen LogP contribution in [0.15, 0.2) is 29.4 Å². The van der Waals surface area contributed by atoms with E-state index in [-0.39, 0.29) is 0 Å². The third-order valence-corrected chi connectivity index (χ3v) is 5.28. The minimum Gasteiger partial charge on any atom is -0.335 e. The van der Waals surface area contributed by atoms with Crippen molar-refractivity contribution in [1.82, 2.24) is 14.9 Å². The summed E-state index contributed by atoms with van der Waals surface area (Å²) >= 11 is 5.87. The van der Waals surface area contributed by atoms with E-state index < -0.39 is 0 Å². The Labute approximate surface area is 131 Å². The van der Waals surface area contributed by atoms with Crippen molar-refractivity contribution in [3.63, 3.8) is 0 Å². The van der Waals surface area contributed by atoms with Gasteiger partial charge in [-0.1, -0.05) is 42.2 Å². The van der Waals surface area contributed by atoms with Gasteiger partial charge in [-0.3, -0.25) is 0 Å². The van der Waals surface area contributed by atoms with Crippen LogP contribution in [0, 0.1) is 0 Å². The molecule has 7 heteroatoms. The first kappa shape index (κ1) is 15.5. The van der Waals surface area contributed by atoms with E-state index in [0.717, 1.165) is 16.5 Å². The SMILES string of the molecule is CCCCCSSc1nnc(-c2ccc(Cl)cc2)n1N. The van der Waals surface area contributed by atoms with Gasteiger partial charge in [-0.2, -0.15) is 0 Å². The van der Waals surface area contributed by atoms with Crippen molar-refractivity contribution in [2.75, 3.05) is 11.6 Å². The van der Waals surface area contributed by atoms with Gasteiger partial charge in [0.1, 0.15) is 0 Å². The standard InChI is InChI=1S/C13H17ClN4S2/c1-2-3-4-9-19-20-13-17-16-12(18(13)15)10-5-7-11(14)8-6-10/h5-8H,2-4,9,15H2,1H3. The van der Waals surface area contributed by atoms with Crippen LogP contribution in [0.3, 0.4) is 0 Å². The first-order chi connectivity index (χ1) is 9.72. The molecule has 0 amide bonds. The molecule has 0 saturated heterocycles.